The minimum atomic E-state index is -0.177. The van der Waals surface area contributed by atoms with Gasteiger partial charge in [-0.15, -0.1) is 0 Å². The molecule has 3 N–H and O–H groups in total. The standard InChI is InChI=1S/C20H24N2O3/c23-13-12-22(19-7-3-5-16-4-1-2-6-18(16)19)20(25)21-14-15-8-10-17(24)11-9-15/h1-2,4,6,8-11,19,23-24H,3,5,7,12-14H2,(H,21,25). The van der Waals surface area contributed by atoms with Crippen molar-refractivity contribution in [3.05, 3.63) is 65.2 Å². The van der Waals surface area contributed by atoms with Crippen molar-refractivity contribution < 1.29 is 15.0 Å². The van der Waals surface area contributed by atoms with E-state index in [0.717, 1.165) is 24.8 Å². The summed E-state index contributed by atoms with van der Waals surface area (Å²) in [7, 11) is 0. The highest BCUT2D eigenvalue weighted by atomic mass is 16.3. The molecule has 0 spiro atoms. The number of phenols is 1. The number of phenolic OH excluding ortho intramolecular Hbond substituents is 1. The van der Waals surface area contributed by atoms with Crippen LogP contribution in [-0.4, -0.2) is 34.3 Å². The number of benzene rings is 2. The van der Waals surface area contributed by atoms with E-state index in [4.69, 9.17) is 0 Å². The van der Waals surface area contributed by atoms with Gasteiger partial charge in [-0.3, -0.25) is 0 Å². The molecular formula is C20H24N2O3. The van der Waals surface area contributed by atoms with Gasteiger partial charge in [0.05, 0.1) is 12.6 Å². The summed E-state index contributed by atoms with van der Waals surface area (Å²) >= 11 is 0. The first kappa shape index (κ1) is 17.3. The summed E-state index contributed by atoms with van der Waals surface area (Å²) in [4.78, 5) is 14.5. The Hall–Kier alpha value is -2.53. The Balaban J connectivity index is 1.72. The molecule has 0 aromatic heterocycles. The molecule has 0 aliphatic heterocycles. The zero-order valence-electron chi connectivity index (χ0n) is 14.2. The minimum Gasteiger partial charge on any atom is -0.508 e. The van der Waals surface area contributed by atoms with Gasteiger partial charge in [-0.25, -0.2) is 4.79 Å². The number of amides is 2. The van der Waals surface area contributed by atoms with E-state index in [1.807, 2.05) is 12.1 Å². The van der Waals surface area contributed by atoms with Crippen LogP contribution in [0.5, 0.6) is 5.75 Å². The Labute approximate surface area is 147 Å². The maximum atomic E-state index is 12.7. The van der Waals surface area contributed by atoms with Crippen molar-refractivity contribution in [3.8, 4) is 5.75 Å². The zero-order valence-corrected chi connectivity index (χ0v) is 14.2. The van der Waals surface area contributed by atoms with Crippen LogP contribution < -0.4 is 5.32 Å². The molecule has 1 aliphatic rings. The molecule has 25 heavy (non-hydrogen) atoms. The highest BCUT2D eigenvalue weighted by molar-refractivity contribution is 5.75. The number of carbonyl (C=O) groups excluding carboxylic acids is 1. The van der Waals surface area contributed by atoms with E-state index in [0.29, 0.717) is 13.1 Å². The van der Waals surface area contributed by atoms with E-state index < -0.39 is 0 Å². The molecule has 1 atom stereocenters. The normalized spacial score (nSPS) is 16.1. The number of carbonyl (C=O) groups is 1. The zero-order chi connectivity index (χ0) is 17.6. The van der Waals surface area contributed by atoms with Gasteiger partial charge in [-0.2, -0.15) is 0 Å². The Kier molecular flexibility index (Phi) is 5.56. The Bertz CT molecular complexity index is 715. The largest absolute Gasteiger partial charge is 0.508 e. The number of aromatic hydroxyl groups is 1. The molecule has 2 aromatic rings. The van der Waals surface area contributed by atoms with Gasteiger partial charge in [0.25, 0.3) is 0 Å². The number of nitrogens with zero attached hydrogens (tertiary/aromatic N) is 1. The third-order valence-corrected chi connectivity index (χ3v) is 4.70. The average molecular weight is 340 g/mol. The van der Waals surface area contributed by atoms with Gasteiger partial charge in [0.1, 0.15) is 5.75 Å². The third-order valence-electron chi connectivity index (χ3n) is 4.70. The van der Waals surface area contributed by atoms with Crippen molar-refractivity contribution in [3.63, 3.8) is 0 Å². The van der Waals surface area contributed by atoms with Crippen molar-refractivity contribution in [1.82, 2.24) is 10.2 Å². The van der Waals surface area contributed by atoms with Gasteiger partial charge in [0.2, 0.25) is 0 Å². The summed E-state index contributed by atoms with van der Waals surface area (Å²) in [5, 5.41) is 21.7. The second-order valence-corrected chi connectivity index (χ2v) is 6.35. The van der Waals surface area contributed by atoms with Crippen LogP contribution in [0.25, 0.3) is 0 Å². The quantitative estimate of drug-likeness (QED) is 0.783. The van der Waals surface area contributed by atoms with E-state index in [9.17, 15) is 15.0 Å². The number of nitrogens with one attached hydrogen (secondary N) is 1. The number of aryl methyl sites for hydroxylation is 1. The molecule has 132 valence electrons. The van der Waals surface area contributed by atoms with Gasteiger partial charge in [0, 0.05) is 13.1 Å². The smallest absolute Gasteiger partial charge is 0.318 e. The van der Waals surface area contributed by atoms with Crippen molar-refractivity contribution in [2.75, 3.05) is 13.2 Å². The number of fused-ring (bicyclic) bond motifs is 1. The number of aliphatic hydroxyl groups is 1. The fourth-order valence-electron chi connectivity index (χ4n) is 3.45. The number of hydrogen-bond donors (Lipinski definition) is 3. The molecule has 0 radical (unpaired) electrons. The predicted molar refractivity (Wildman–Crippen MR) is 96.3 cm³/mol. The van der Waals surface area contributed by atoms with Gasteiger partial charge < -0.3 is 20.4 Å². The SMILES string of the molecule is O=C(NCc1ccc(O)cc1)N(CCO)C1CCCc2ccccc21. The fraction of sp³-hybridized carbons (Fsp3) is 0.350. The van der Waals surface area contributed by atoms with Crippen LogP contribution in [0, 0.1) is 0 Å². The van der Waals surface area contributed by atoms with Crippen LogP contribution >= 0.6 is 0 Å². The Morgan fingerprint density at radius 3 is 2.68 bits per heavy atom. The highest BCUT2D eigenvalue weighted by Gasteiger charge is 2.28. The summed E-state index contributed by atoms with van der Waals surface area (Å²) < 4.78 is 0. The number of urea groups is 1. The third kappa shape index (κ3) is 4.12. The summed E-state index contributed by atoms with van der Waals surface area (Å²) in [6, 6.07) is 14.8. The molecule has 0 saturated carbocycles. The molecular weight excluding hydrogens is 316 g/mol. The first-order valence-corrected chi connectivity index (χ1v) is 8.70. The Morgan fingerprint density at radius 1 is 1.16 bits per heavy atom. The van der Waals surface area contributed by atoms with E-state index >= 15 is 0 Å². The van der Waals surface area contributed by atoms with Gasteiger partial charge in [0.15, 0.2) is 0 Å². The molecule has 2 amide bonds. The van der Waals surface area contributed by atoms with Gasteiger partial charge >= 0.3 is 6.03 Å². The second-order valence-electron chi connectivity index (χ2n) is 6.35. The lowest BCUT2D eigenvalue weighted by atomic mass is 9.87. The number of aliphatic hydroxyl groups excluding tert-OH is 1. The lowest BCUT2D eigenvalue weighted by Crippen LogP contribution is -2.44. The van der Waals surface area contributed by atoms with Crippen LogP contribution in [-0.2, 0) is 13.0 Å². The molecule has 1 aliphatic carbocycles. The molecule has 0 saturated heterocycles. The maximum absolute atomic E-state index is 12.7. The van der Waals surface area contributed by atoms with E-state index in [2.05, 4.69) is 17.4 Å². The van der Waals surface area contributed by atoms with E-state index in [-0.39, 0.29) is 24.4 Å². The van der Waals surface area contributed by atoms with Crippen LogP contribution in [0.1, 0.15) is 35.6 Å². The lowest BCUT2D eigenvalue weighted by molar-refractivity contribution is 0.144. The van der Waals surface area contributed by atoms with Crippen LogP contribution in [0.2, 0.25) is 0 Å². The molecule has 5 nitrogen and oxygen atoms in total. The van der Waals surface area contributed by atoms with Crippen molar-refractivity contribution in [1.29, 1.82) is 0 Å². The monoisotopic (exact) mass is 340 g/mol. The topological polar surface area (TPSA) is 72.8 Å². The van der Waals surface area contributed by atoms with Crippen molar-refractivity contribution in [2.24, 2.45) is 0 Å². The minimum absolute atomic E-state index is 0.00285. The molecule has 2 aromatic carbocycles. The van der Waals surface area contributed by atoms with Crippen LogP contribution in [0.3, 0.4) is 0 Å². The highest BCUT2D eigenvalue weighted by Crippen LogP contribution is 2.34. The molecule has 3 rings (SSSR count). The maximum Gasteiger partial charge on any atom is 0.318 e. The molecule has 0 fully saturated rings. The number of rotatable bonds is 5. The van der Waals surface area contributed by atoms with Crippen molar-refractivity contribution >= 4 is 6.03 Å². The second kappa shape index (κ2) is 8.03. The van der Waals surface area contributed by atoms with E-state index in [1.54, 1.807) is 29.2 Å². The summed E-state index contributed by atoms with van der Waals surface area (Å²) in [5.74, 6) is 0.204. The van der Waals surface area contributed by atoms with Crippen molar-refractivity contribution in [2.45, 2.75) is 31.8 Å². The van der Waals surface area contributed by atoms with Crippen LogP contribution in [0.4, 0.5) is 4.79 Å². The van der Waals surface area contributed by atoms with Gasteiger partial charge in [-0.1, -0.05) is 36.4 Å². The molecule has 0 heterocycles. The van der Waals surface area contributed by atoms with Crippen LogP contribution in [0.15, 0.2) is 48.5 Å². The number of hydrogen-bond acceptors (Lipinski definition) is 3. The fourth-order valence-corrected chi connectivity index (χ4v) is 3.45. The summed E-state index contributed by atoms with van der Waals surface area (Å²) in [6.45, 7) is 0.626. The lowest BCUT2D eigenvalue weighted by Gasteiger charge is -2.35. The molecule has 5 heteroatoms. The molecule has 0 bridgehead atoms. The summed E-state index contributed by atoms with van der Waals surface area (Å²) in [5.41, 5.74) is 3.38. The van der Waals surface area contributed by atoms with E-state index in [1.165, 1.54) is 11.1 Å². The molecule has 1 unspecified atom stereocenters. The first-order valence-electron chi connectivity index (χ1n) is 8.70. The predicted octanol–water partition coefficient (Wildman–Crippen LogP) is 2.97. The average Bonchev–Trinajstić information content (AvgIpc) is 2.65. The summed E-state index contributed by atoms with van der Waals surface area (Å²) in [6.07, 6.45) is 2.98. The first-order chi connectivity index (χ1) is 12.2. The van der Waals surface area contributed by atoms with Gasteiger partial charge in [-0.05, 0) is 48.1 Å². The Morgan fingerprint density at radius 2 is 1.92 bits per heavy atom.